The molecule has 1 atom stereocenters. The first kappa shape index (κ1) is 14.3. The molecule has 5 heteroatoms. The van der Waals surface area contributed by atoms with Crippen LogP contribution < -0.4 is 10.6 Å². The molecule has 2 N–H and O–H groups in total. The first-order valence-corrected chi connectivity index (χ1v) is 6.57. The summed E-state index contributed by atoms with van der Waals surface area (Å²) in [6, 6.07) is 7.58. The molecule has 106 valence electrons. The summed E-state index contributed by atoms with van der Waals surface area (Å²) in [6.07, 6.45) is 1.67. The Hall–Kier alpha value is -2.14. The number of para-hydroxylation sites is 1. The number of aryl methyl sites for hydroxylation is 2. The molecule has 1 aromatic carbocycles. The minimum Gasteiger partial charge on any atom is -0.444 e. The Morgan fingerprint density at radius 1 is 1.35 bits per heavy atom. The quantitative estimate of drug-likeness (QED) is 0.878. The highest BCUT2D eigenvalue weighted by atomic mass is 16.4. The number of amides is 1. The first-order chi connectivity index (χ1) is 9.56. The van der Waals surface area contributed by atoms with Gasteiger partial charge in [0.05, 0.1) is 18.8 Å². The number of benzene rings is 1. The standard InChI is InChI=1S/C15H19N3O2/c1-10-6-4-5-7-13(10)18-14(19)9-16-12(3)15-17-8-11(2)20-15/h4-8,12,16H,9H2,1-3H3,(H,18,19). The lowest BCUT2D eigenvalue weighted by Gasteiger charge is -2.11. The maximum Gasteiger partial charge on any atom is 0.238 e. The molecule has 2 rings (SSSR count). The van der Waals surface area contributed by atoms with Crippen LogP contribution in [0, 0.1) is 13.8 Å². The molecule has 1 unspecified atom stereocenters. The molecular weight excluding hydrogens is 254 g/mol. The second kappa shape index (κ2) is 6.34. The van der Waals surface area contributed by atoms with Gasteiger partial charge in [-0.1, -0.05) is 18.2 Å². The highest BCUT2D eigenvalue weighted by Crippen LogP contribution is 2.13. The number of carbonyl (C=O) groups excluding carboxylic acids is 1. The van der Waals surface area contributed by atoms with Crippen molar-refractivity contribution in [1.82, 2.24) is 10.3 Å². The summed E-state index contributed by atoms with van der Waals surface area (Å²) in [5.74, 6) is 1.26. The number of rotatable bonds is 5. The number of hydrogen-bond donors (Lipinski definition) is 2. The molecule has 2 aromatic rings. The van der Waals surface area contributed by atoms with Gasteiger partial charge in [0.2, 0.25) is 11.8 Å². The summed E-state index contributed by atoms with van der Waals surface area (Å²) < 4.78 is 5.41. The summed E-state index contributed by atoms with van der Waals surface area (Å²) in [5.41, 5.74) is 1.87. The molecule has 5 nitrogen and oxygen atoms in total. The Morgan fingerprint density at radius 3 is 2.75 bits per heavy atom. The number of oxazole rings is 1. The van der Waals surface area contributed by atoms with E-state index in [9.17, 15) is 4.79 Å². The molecule has 0 aliphatic rings. The van der Waals surface area contributed by atoms with Gasteiger partial charge in [0.1, 0.15) is 5.76 Å². The summed E-state index contributed by atoms with van der Waals surface area (Å²) in [6.45, 7) is 5.92. The summed E-state index contributed by atoms with van der Waals surface area (Å²) in [5, 5.41) is 5.95. The fourth-order valence-electron chi connectivity index (χ4n) is 1.81. The van der Waals surface area contributed by atoms with Gasteiger partial charge in [0.15, 0.2) is 0 Å². The van der Waals surface area contributed by atoms with Crippen LogP contribution in [0.1, 0.15) is 30.2 Å². The molecule has 0 aliphatic carbocycles. The van der Waals surface area contributed by atoms with Gasteiger partial charge in [-0.15, -0.1) is 0 Å². The average Bonchev–Trinajstić information content (AvgIpc) is 2.85. The van der Waals surface area contributed by atoms with Crippen LogP contribution in [0.5, 0.6) is 0 Å². The second-order valence-electron chi connectivity index (χ2n) is 4.77. The van der Waals surface area contributed by atoms with Crippen LogP contribution in [0.3, 0.4) is 0 Å². The van der Waals surface area contributed by atoms with Gasteiger partial charge >= 0.3 is 0 Å². The smallest absolute Gasteiger partial charge is 0.238 e. The van der Waals surface area contributed by atoms with E-state index in [1.165, 1.54) is 0 Å². The zero-order chi connectivity index (χ0) is 14.5. The van der Waals surface area contributed by atoms with Crippen molar-refractivity contribution in [3.8, 4) is 0 Å². The summed E-state index contributed by atoms with van der Waals surface area (Å²) in [7, 11) is 0. The van der Waals surface area contributed by atoms with Crippen LogP contribution in [0.25, 0.3) is 0 Å². The van der Waals surface area contributed by atoms with E-state index in [4.69, 9.17) is 4.42 Å². The highest BCUT2D eigenvalue weighted by molar-refractivity contribution is 5.92. The van der Waals surface area contributed by atoms with Gasteiger partial charge < -0.3 is 9.73 Å². The second-order valence-corrected chi connectivity index (χ2v) is 4.77. The van der Waals surface area contributed by atoms with Gasteiger partial charge in [-0.3, -0.25) is 10.1 Å². The van der Waals surface area contributed by atoms with E-state index in [0.29, 0.717) is 5.89 Å². The van der Waals surface area contributed by atoms with E-state index in [-0.39, 0.29) is 18.5 Å². The van der Waals surface area contributed by atoms with Gasteiger partial charge in [-0.2, -0.15) is 0 Å². The average molecular weight is 273 g/mol. The van der Waals surface area contributed by atoms with Crippen LogP contribution >= 0.6 is 0 Å². The Balaban J connectivity index is 1.85. The Labute approximate surface area is 118 Å². The molecule has 0 bridgehead atoms. The van der Waals surface area contributed by atoms with Crippen LogP contribution in [-0.4, -0.2) is 17.4 Å². The molecule has 0 aliphatic heterocycles. The SMILES string of the molecule is Cc1cnc(C(C)NCC(=O)Nc2ccccc2C)o1. The third-order valence-corrected chi connectivity index (χ3v) is 3.00. The first-order valence-electron chi connectivity index (χ1n) is 6.57. The van der Waals surface area contributed by atoms with Crippen molar-refractivity contribution in [3.05, 3.63) is 47.7 Å². The molecule has 1 heterocycles. The van der Waals surface area contributed by atoms with E-state index in [1.54, 1.807) is 6.20 Å². The monoisotopic (exact) mass is 273 g/mol. The minimum atomic E-state index is -0.105. The van der Waals surface area contributed by atoms with Gasteiger partial charge in [-0.25, -0.2) is 4.98 Å². The number of anilines is 1. The van der Waals surface area contributed by atoms with E-state index in [0.717, 1.165) is 17.0 Å². The number of carbonyl (C=O) groups is 1. The summed E-state index contributed by atoms with van der Waals surface area (Å²) in [4.78, 5) is 16.0. The zero-order valence-corrected chi connectivity index (χ0v) is 11.9. The third-order valence-electron chi connectivity index (χ3n) is 3.00. The Morgan fingerprint density at radius 2 is 2.10 bits per heavy atom. The van der Waals surface area contributed by atoms with Crippen molar-refractivity contribution in [2.24, 2.45) is 0 Å². The van der Waals surface area contributed by atoms with Gasteiger partial charge in [-0.05, 0) is 32.4 Å². The van der Waals surface area contributed by atoms with E-state index in [2.05, 4.69) is 15.6 Å². The Kier molecular flexibility index (Phi) is 4.53. The lowest BCUT2D eigenvalue weighted by Crippen LogP contribution is -2.30. The van der Waals surface area contributed by atoms with E-state index < -0.39 is 0 Å². The fourth-order valence-corrected chi connectivity index (χ4v) is 1.81. The van der Waals surface area contributed by atoms with Crippen molar-refractivity contribution < 1.29 is 9.21 Å². The predicted molar refractivity (Wildman–Crippen MR) is 77.5 cm³/mol. The van der Waals surface area contributed by atoms with Crippen molar-refractivity contribution in [2.75, 3.05) is 11.9 Å². The highest BCUT2D eigenvalue weighted by Gasteiger charge is 2.12. The number of hydrogen-bond acceptors (Lipinski definition) is 4. The van der Waals surface area contributed by atoms with Crippen LogP contribution in [0.2, 0.25) is 0 Å². The predicted octanol–water partition coefficient (Wildman–Crippen LogP) is 2.58. The normalized spacial score (nSPS) is 12.2. The lowest BCUT2D eigenvalue weighted by molar-refractivity contribution is -0.115. The van der Waals surface area contributed by atoms with Crippen molar-refractivity contribution in [1.29, 1.82) is 0 Å². The molecule has 0 fully saturated rings. The van der Waals surface area contributed by atoms with Crippen LogP contribution in [0.4, 0.5) is 5.69 Å². The lowest BCUT2D eigenvalue weighted by atomic mass is 10.2. The molecule has 0 saturated carbocycles. The topological polar surface area (TPSA) is 67.2 Å². The fraction of sp³-hybridized carbons (Fsp3) is 0.333. The largest absolute Gasteiger partial charge is 0.444 e. The van der Waals surface area contributed by atoms with Crippen molar-refractivity contribution >= 4 is 11.6 Å². The molecule has 20 heavy (non-hydrogen) atoms. The third kappa shape index (κ3) is 3.68. The van der Waals surface area contributed by atoms with E-state index in [1.807, 2.05) is 45.0 Å². The number of nitrogens with zero attached hydrogens (tertiary/aromatic N) is 1. The van der Waals surface area contributed by atoms with Crippen LogP contribution in [-0.2, 0) is 4.79 Å². The van der Waals surface area contributed by atoms with Gasteiger partial charge in [0, 0.05) is 5.69 Å². The molecule has 0 spiro atoms. The molecular formula is C15H19N3O2. The van der Waals surface area contributed by atoms with Gasteiger partial charge in [0.25, 0.3) is 0 Å². The zero-order valence-electron chi connectivity index (χ0n) is 11.9. The summed E-state index contributed by atoms with van der Waals surface area (Å²) >= 11 is 0. The maximum absolute atomic E-state index is 11.9. The minimum absolute atomic E-state index is 0.0885. The van der Waals surface area contributed by atoms with Crippen molar-refractivity contribution in [2.45, 2.75) is 26.8 Å². The number of aromatic nitrogens is 1. The van der Waals surface area contributed by atoms with E-state index >= 15 is 0 Å². The number of nitrogens with one attached hydrogen (secondary N) is 2. The van der Waals surface area contributed by atoms with Crippen molar-refractivity contribution in [3.63, 3.8) is 0 Å². The molecule has 1 amide bonds. The van der Waals surface area contributed by atoms with Crippen LogP contribution in [0.15, 0.2) is 34.9 Å². The molecule has 1 aromatic heterocycles. The molecule has 0 saturated heterocycles. The maximum atomic E-state index is 11.9. The Bertz CT molecular complexity index is 592. The molecule has 0 radical (unpaired) electrons.